The summed E-state index contributed by atoms with van der Waals surface area (Å²) in [7, 11) is -1.72. The highest BCUT2D eigenvalue weighted by molar-refractivity contribution is 7.90. The van der Waals surface area contributed by atoms with E-state index in [1.54, 1.807) is 31.3 Å². The van der Waals surface area contributed by atoms with Crippen LogP contribution in [-0.4, -0.2) is 51.0 Å². The number of rotatable bonds is 4. The van der Waals surface area contributed by atoms with Crippen molar-refractivity contribution >= 4 is 50.5 Å². The molecule has 3 rings (SSSR count). The van der Waals surface area contributed by atoms with Crippen LogP contribution in [0.25, 0.3) is 0 Å². The summed E-state index contributed by atoms with van der Waals surface area (Å²) in [5, 5.41) is 0.671. The standard InChI is InChI=1S/C20H20Cl2N2O4S/c1-23(14-6-8-15(9-7-14)29(2,27)28)20(26)18-4-3-11-24(18)19(25)16-12-13(21)5-10-17(16)22/h5-10,12,18H,3-4,11H2,1-2H3. The number of sulfone groups is 1. The zero-order valence-electron chi connectivity index (χ0n) is 15.9. The largest absolute Gasteiger partial charge is 0.327 e. The maximum absolute atomic E-state index is 13.1. The van der Waals surface area contributed by atoms with E-state index in [0.717, 1.165) is 6.26 Å². The van der Waals surface area contributed by atoms with Gasteiger partial charge in [0.25, 0.3) is 5.91 Å². The Morgan fingerprint density at radius 1 is 1.10 bits per heavy atom. The van der Waals surface area contributed by atoms with Gasteiger partial charge in [-0.3, -0.25) is 9.59 Å². The Morgan fingerprint density at radius 2 is 1.76 bits per heavy atom. The van der Waals surface area contributed by atoms with Gasteiger partial charge in [0, 0.05) is 30.6 Å². The normalized spacial score (nSPS) is 16.7. The third-order valence-electron chi connectivity index (χ3n) is 4.94. The zero-order valence-corrected chi connectivity index (χ0v) is 18.3. The number of likely N-dealkylation sites (N-methyl/N-ethyl adjacent to an activating group) is 1. The SMILES string of the molecule is CN(C(=O)C1CCCN1C(=O)c1cc(Cl)ccc1Cl)c1ccc(S(C)(=O)=O)cc1. The van der Waals surface area contributed by atoms with E-state index < -0.39 is 15.9 Å². The molecule has 154 valence electrons. The predicted molar refractivity (Wildman–Crippen MR) is 113 cm³/mol. The number of halogens is 2. The van der Waals surface area contributed by atoms with Crippen molar-refractivity contribution in [1.29, 1.82) is 0 Å². The summed E-state index contributed by atoms with van der Waals surface area (Å²) in [6.45, 7) is 0.443. The number of anilines is 1. The van der Waals surface area contributed by atoms with Crippen LogP contribution in [0.3, 0.4) is 0 Å². The number of likely N-dealkylation sites (tertiary alicyclic amines) is 1. The van der Waals surface area contributed by atoms with E-state index in [4.69, 9.17) is 23.2 Å². The van der Waals surface area contributed by atoms with Crippen molar-refractivity contribution in [2.24, 2.45) is 0 Å². The van der Waals surface area contributed by atoms with Gasteiger partial charge in [-0.1, -0.05) is 23.2 Å². The van der Waals surface area contributed by atoms with Gasteiger partial charge in [0.15, 0.2) is 9.84 Å². The second kappa shape index (κ2) is 8.34. The summed E-state index contributed by atoms with van der Waals surface area (Å²) in [6.07, 6.45) is 2.36. The Kier molecular flexibility index (Phi) is 6.22. The first-order chi connectivity index (χ1) is 13.6. The molecule has 2 amide bonds. The lowest BCUT2D eigenvalue weighted by atomic mass is 10.1. The summed E-state index contributed by atoms with van der Waals surface area (Å²) in [5.74, 6) is -0.588. The molecule has 29 heavy (non-hydrogen) atoms. The molecule has 1 atom stereocenters. The highest BCUT2D eigenvalue weighted by Crippen LogP contribution is 2.28. The van der Waals surface area contributed by atoms with Crippen LogP contribution in [0.5, 0.6) is 0 Å². The molecule has 6 nitrogen and oxygen atoms in total. The van der Waals surface area contributed by atoms with Crippen molar-refractivity contribution in [1.82, 2.24) is 4.90 Å². The van der Waals surface area contributed by atoms with E-state index >= 15 is 0 Å². The number of amides is 2. The van der Waals surface area contributed by atoms with Gasteiger partial charge >= 0.3 is 0 Å². The molecule has 1 fully saturated rings. The summed E-state index contributed by atoms with van der Waals surface area (Å²) >= 11 is 12.2. The Hall–Kier alpha value is -2.09. The van der Waals surface area contributed by atoms with Crippen molar-refractivity contribution in [3.8, 4) is 0 Å². The lowest BCUT2D eigenvalue weighted by Crippen LogP contribution is -2.46. The first-order valence-corrected chi connectivity index (χ1v) is 11.6. The minimum absolute atomic E-state index is 0.176. The summed E-state index contributed by atoms with van der Waals surface area (Å²) in [6, 6.07) is 10.1. The minimum Gasteiger partial charge on any atom is -0.327 e. The lowest BCUT2D eigenvalue weighted by molar-refractivity contribution is -0.121. The Labute approximate surface area is 179 Å². The van der Waals surface area contributed by atoms with Crippen molar-refractivity contribution < 1.29 is 18.0 Å². The number of nitrogens with zero attached hydrogens (tertiary/aromatic N) is 2. The number of hydrogen-bond acceptors (Lipinski definition) is 4. The first kappa shape index (κ1) is 21.6. The molecule has 2 aromatic rings. The molecule has 1 heterocycles. The summed E-state index contributed by atoms with van der Waals surface area (Å²) in [4.78, 5) is 29.2. The summed E-state index contributed by atoms with van der Waals surface area (Å²) in [5.41, 5.74) is 0.807. The Morgan fingerprint density at radius 3 is 2.38 bits per heavy atom. The molecule has 2 aromatic carbocycles. The molecule has 0 spiro atoms. The van der Waals surface area contributed by atoms with Crippen LogP contribution in [-0.2, 0) is 14.6 Å². The van der Waals surface area contributed by atoms with Crippen LogP contribution in [0.4, 0.5) is 5.69 Å². The Balaban J connectivity index is 1.82. The number of hydrogen-bond donors (Lipinski definition) is 0. The van der Waals surface area contributed by atoms with Gasteiger partial charge in [-0.05, 0) is 55.3 Å². The molecule has 1 saturated heterocycles. The third-order valence-corrected chi connectivity index (χ3v) is 6.63. The fourth-order valence-electron chi connectivity index (χ4n) is 3.35. The average Bonchev–Trinajstić information content (AvgIpc) is 3.17. The van der Waals surface area contributed by atoms with Gasteiger partial charge in [-0.2, -0.15) is 0 Å². The van der Waals surface area contributed by atoms with Gasteiger partial charge in [-0.25, -0.2) is 8.42 Å². The van der Waals surface area contributed by atoms with Crippen LogP contribution in [0.15, 0.2) is 47.4 Å². The zero-order chi connectivity index (χ0) is 21.3. The molecular formula is C20H20Cl2N2O4S. The average molecular weight is 455 g/mol. The molecule has 0 bridgehead atoms. The summed E-state index contributed by atoms with van der Waals surface area (Å²) < 4.78 is 23.2. The molecule has 1 unspecified atom stereocenters. The number of carbonyl (C=O) groups excluding carboxylic acids is 2. The van der Waals surface area contributed by atoms with Gasteiger partial charge in [0.05, 0.1) is 15.5 Å². The third kappa shape index (κ3) is 4.57. The van der Waals surface area contributed by atoms with Crippen molar-refractivity contribution in [3.05, 3.63) is 58.1 Å². The van der Waals surface area contributed by atoms with E-state index in [9.17, 15) is 18.0 Å². The minimum atomic E-state index is -3.32. The van der Waals surface area contributed by atoms with Crippen LogP contribution in [0.2, 0.25) is 10.0 Å². The lowest BCUT2D eigenvalue weighted by Gasteiger charge is -2.28. The van der Waals surface area contributed by atoms with Gasteiger partial charge in [0.2, 0.25) is 5.91 Å². The van der Waals surface area contributed by atoms with E-state index in [-0.39, 0.29) is 27.3 Å². The van der Waals surface area contributed by atoms with Crippen molar-refractivity contribution in [2.45, 2.75) is 23.8 Å². The topological polar surface area (TPSA) is 74.8 Å². The molecule has 9 heteroatoms. The fourth-order valence-corrected chi connectivity index (χ4v) is 4.35. The van der Waals surface area contributed by atoms with Crippen LogP contribution in [0.1, 0.15) is 23.2 Å². The Bertz CT molecular complexity index is 1050. The monoisotopic (exact) mass is 454 g/mol. The van der Waals surface area contributed by atoms with Gasteiger partial charge in [-0.15, -0.1) is 0 Å². The maximum Gasteiger partial charge on any atom is 0.256 e. The molecule has 1 aliphatic heterocycles. The molecule has 0 saturated carbocycles. The molecule has 0 radical (unpaired) electrons. The second-order valence-electron chi connectivity index (χ2n) is 6.94. The number of benzene rings is 2. The van der Waals surface area contributed by atoms with E-state index in [0.29, 0.717) is 30.1 Å². The quantitative estimate of drug-likeness (QED) is 0.705. The highest BCUT2D eigenvalue weighted by atomic mass is 35.5. The van der Waals surface area contributed by atoms with E-state index in [2.05, 4.69) is 0 Å². The second-order valence-corrected chi connectivity index (χ2v) is 9.80. The maximum atomic E-state index is 13.1. The van der Waals surface area contributed by atoms with Gasteiger partial charge < -0.3 is 9.80 Å². The van der Waals surface area contributed by atoms with Crippen molar-refractivity contribution in [2.75, 3.05) is 24.7 Å². The smallest absolute Gasteiger partial charge is 0.256 e. The van der Waals surface area contributed by atoms with Crippen LogP contribution < -0.4 is 4.90 Å². The molecule has 0 aromatic heterocycles. The molecule has 0 N–H and O–H groups in total. The first-order valence-electron chi connectivity index (χ1n) is 8.93. The predicted octanol–water partition coefficient (Wildman–Crippen LogP) is 3.66. The van der Waals surface area contributed by atoms with Crippen LogP contribution in [0, 0.1) is 0 Å². The van der Waals surface area contributed by atoms with Crippen molar-refractivity contribution in [3.63, 3.8) is 0 Å². The molecule has 0 aliphatic carbocycles. The number of carbonyl (C=O) groups is 2. The van der Waals surface area contributed by atoms with Gasteiger partial charge in [0.1, 0.15) is 6.04 Å². The molecule has 1 aliphatic rings. The fraction of sp³-hybridized carbons (Fsp3) is 0.300. The highest BCUT2D eigenvalue weighted by Gasteiger charge is 2.37. The van der Waals surface area contributed by atoms with Crippen LogP contribution >= 0.6 is 23.2 Å². The molecular weight excluding hydrogens is 435 g/mol. The van der Waals surface area contributed by atoms with E-state index in [1.807, 2.05) is 0 Å². The van der Waals surface area contributed by atoms with E-state index in [1.165, 1.54) is 28.0 Å².